The summed E-state index contributed by atoms with van der Waals surface area (Å²) in [6.45, 7) is 6.14. The highest BCUT2D eigenvalue weighted by molar-refractivity contribution is 5.93. The first-order valence-corrected chi connectivity index (χ1v) is 10.1. The second-order valence-corrected chi connectivity index (χ2v) is 9.02. The largest absolute Gasteiger partial charge is 0.493 e. The van der Waals surface area contributed by atoms with Crippen LogP contribution < -0.4 is 9.47 Å². The van der Waals surface area contributed by atoms with Crippen molar-refractivity contribution in [1.82, 2.24) is 4.90 Å². The Labute approximate surface area is 166 Å². The van der Waals surface area contributed by atoms with E-state index in [4.69, 9.17) is 9.47 Å². The van der Waals surface area contributed by atoms with Crippen LogP contribution >= 0.6 is 0 Å². The Balaban J connectivity index is 1.90. The molecule has 0 spiro atoms. The van der Waals surface area contributed by atoms with Crippen molar-refractivity contribution in [2.24, 2.45) is 11.3 Å². The van der Waals surface area contributed by atoms with Crippen molar-refractivity contribution in [3.8, 4) is 11.5 Å². The number of carboxylic acid groups (broad SMARTS) is 1. The second-order valence-electron chi connectivity index (χ2n) is 9.02. The molecule has 1 aliphatic carbocycles. The van der Waals surface area contributed by atoms with E-state index in [9.17, 15) is 14.7 Å². The minimum Gasteiger partial charge on any atom is -0.493 e. The van der Waals surface area contributed by atoms with E-state index in [2.05, 4.69) is 0 Å². The number of piperidine rings is 1. The van der Waals surface area contributed by atoms with Gasteiger partial charge in [0.2, 0.25) is 5.91 Å². The molecule has 1 saturated heterocycles. The Bertz CT molecular complexity index is 733. The van der Waals surface area contributed by atoms with Crippen LogP contribution in [0.4, 0.5) is 4.79 Å². The summed E-state index contributed by atoms with van der Waals surface area (Å²) in [5.74, 6) is 0.689. The maximum absolute atomic E-state index is 12.7. The van der Waals surface area contributed by atoms with Gasteiger partial charge >= 0.3 is 6.09 Å². The van der Waals surface area contributed by atoms with Gasteiger partial charge in [0.1, 0.15) is 0 Å². The maximum atomic E-state index is 12.7. The van der Waals surface area contributed by atoms with Gasteiger partial charge in [0.25, 0.3) is 0 Å². The normalized spacial score (nSPS) is 23.7. The van der Waals surface area contributed by atoms with Gasteiger partial charge in [-0.15, -0.1) is 0 Å². The molecule has 2 atom stereocenters. The van der Waals surface area contributed by atoms with E-state index < -0.39 is 6.09 Å². The molecule has 2 unspecified atom stereocenters. The van der Waals surface area contributed by atoms with Crippen LogP contribution in [0, 0.1) is 11.3 Å². The number of ether oxygens (including phenoxy) is 2. The van der Waals surface area contributed by atoms with Crippen LogP contribution in [0.2, 0.25) is 0 Å². The summed E-state index contributed by atoms with van der Waals surface area (Å²) >= 11 is 0. The van der Waals surface area contributed by atoms with Crippen LogP contribution in [-0.2, 0) is 4.79 Å². The lowest BCUT2D eigenvalue weighted by Crippen LogP contribution is -2.50. The maximum Gasteiger partial charge on any atom is 0.414 e. The van der Waals surface area contributed by atoms with Crippen molar-refractivity contribution in [3.05, 3.63) is 23.8 Å². The Kier molecular flexibility index (Phi) is 5.87. The molecule has 28 heavy (non-hydrogen) atoms. The second kappa shape index (κ2) is 8.02. The third-order valence-electron chi connectivity index (χ3n) is 6.02. The molecule has 1 aliphatic heterocycles. The zero-order chi connectivity index (χ0) is 20.5. The van der Waals surface area contributed by atoms with Gasteiger partial charge in [0.15, 0.2) is 11.5 Å². The number of nitrogens with zero attached hydrogens (tertiary/aromatic N) is 1. The quantitative estimate of drug-likeness (QED) is 0.810. The molecule has 6 nitrogen and oxygen atoms in total. The van der Waals surface area contributed by atoms with Gasteiger partial charge in [0.05, 0.1) is 13.2 Å². The molecule has 2 aliphatic rings. The van der Waals surface area contributed by atoms with E-state index in [-0.39, 0.29) is 35.8 Å². The lowest BCUT2D eigenvalue weighted by Gasteiger charge is -2.40. The summed E-state index contributed by atoms with van der Waals surface area (Å²) in [4.78, 5) is 25.3. The molecule has 0 bridgehead atoms. The molecule has 0 aromatic heterocycles. The number of hydrogen-bond donors (Lipinski definition) is 1. The molecule has 2 fully saturated rings. The topological polar surface area (TPSA) is 76.1 Å². The van der Waals surface area contributed by atoms with Gasteiger partial charge in [0, 0.05) is 18.4 Å². The minimum atomic E-state index is -1.18. The third-order valence-corrected chi connectivity index (χ3v) is 6.02. The summed E-state index contributed by atoms with van der Waals surface area (Å²) in [6, 6.07) is 5.81. The van der Waals surface area contributed by atoms with Crippen LogP contribution in [0.5, 0.6) is 11.5 Å². The number of hydrogen-bond acceptors (Lipinski definition) is 4. The van der Waals surface area contributed by atoms with Gasteiger partial charge in [-0.1, -0.05) is 26.8 Å². The Morgan fingerprint density at radius 1 is 1.18 bits per heavy atom. The standard InChI is InChI=1S/C22H31NO5/c1-22(2,3)17-11-15(13-23(20(17)24)21(25)26)14-9-10-18(27-4)19(12-14)28-16-7-5-6-8-16/h9-10,12,15-17H,5-8,11,13H2,1-4H3,(H,25,26). The highest BCUT2D eigenvalue weighted by atomic mass is 16.5. The highest BCUT2D eigenvalue weighted by Crippen LogP contribution is 2.42. The van der Waals surface area contributed by atoms with Crippen molar-refractivity contribution >= 4 is 12.0 Å². The fourth-order valence-corrected chi connectivity index (χ4v) is 4.32. The van der Waals surface area contributed by atoms with E-state index in [0.717, 1.165) is 23.3 Å². The molecule has 1 aromatic rings. The zero-order valence-corrected chi connectivity index (χ0v) is 17.2. The van der Waals surface area contributed by atoms with Crippen molar-refractivity contribution in [1.29, 1.82) is 0 Å². The lowest BCUT2D eigenvalue weighted by molar-refractivity contribution is -0.140. The third kappa shape index (κ3) is 4.26. The monoisotopic (exact) mass is 389 g/mol. The smallest absolute Gasteiger partial charge is 0.414 e. The predicted octanol–water partition coefficient (Wildman–Crippen LogP) is 4.67. The first-order chi connectivity index (χ1) is 13.2. The number of carbonyl (C=O) groups excluding carboxylic acids is 1. The van der Waals surface area contributed by atoms with Crippen LogP contribution in [-0.4, -0.2) is 41.8 Å². The fraction of sp³-hybridized carbons (Fsp3) is 0.636. The first-order valence-electron chi connectivity index (χ1n) is 10.1. The summed E-state index contributed by atoms with van der Waals surface area (Å²) < 4.78 is 11.7. The number of imide groups is 1. The number of carbonyl (C=O) groups is 2. The van der Waals surface area contributed by atoms with Gasteiger partial charge in [-0.25, -0.2) is 9.69 Å². The van der Waals surface area contributed by atoms with Crippen LogP contribution in [0.25, 0.3) is 0 Å². The molecule has 2 amide bonds. The Morgan fingerprint density at radius 2 is 1.86 bits per heavy atom. The fourth-order valence-electron chi connectivity index (χ4n) is 4.32. The molecule has 154 valence electrons. The van der Waals surface area contributed by atoms with Crippen LogP contribution in [0.3, 0.4) is 0 Å². The molecular weight excluding hydrogens is 358 g/mol. The predicted molar refractivity (Wildman–Crippen MR) is 106 cm³/mol. The number of amides is 2. The van der Waals surface area contributed by atoms with E-state index >= 15 is 0 Å². The van der Waals surface area contributed by atoms with Crippen LogP contribution in [0.15, 0.2) is 18.2 Å². The molecule has 1 N–H and O–H groups in total. The van der Waals surface area contributed by atoms with Crippen molar-refractivity contribution < 1.29 is 24.2 Å². The van der Waals surface area contributed by atoms with E-state index in [0.29, 0.717) is 17.9 Å². The van der Waals surface area contributed by atoms with Crippen molar-refractivity contribution in [2.45, 2.75) is 64.9 Å². The summed E-state index contributed by atoms with van der Waals surface area (Å²) in [5, 5.41) is 9.54. The summed E-state index contributed by atoms with van der Waals surface area (Å²) in [6.07, 6.45) is 4.10. The van der Waals surface area contributed by atoms with Gasteiger partial charge < -0.3 is 14.6 Å². The van der Waals surface area contributed by atoms with Crippen LogP contribution in [0.1, 0.15) is 64.4 Å². The lowest BCUT2D eigenvalue weighted by atomic mass is 9.71. The molecule has 1 heterocycles. The number of rotatable bonds is 4. The van der Waals surface area contributed by atoms with E-state index in [1.807, 2.05) is 39.0 Å². The molecule has 3 rings (SSSR count). The Morgan fingerprint density at radius 3 is 2.43 bits per heavy atom. The van der Waals surface area contributed by atoms with Gasteiger partial charge in [-0.2, -0.15) is 0 Å². The average molecular weight is 389 g/mol. The van der Waals surface area contributed by atoms with Gasteiger partial charge in [-0.3, -0.25) is 4.79 Å². The van der Waals surface area contributed by atoms with Crippen molar-refractivity contribution in [3.63, 3.8) is 0 Å². The highest BCUT2D eigenvalue weighted by Gasteiger charge is 2.43. The molecule has 1 saturated carbocycles. The molecule has 6 heteroatoms. The Hall–Kier alpha value is -2.24. The van der Waals surface area contributed by atoms with Crippen molar-refractivity contribution in [2.75, 3.05) is 13.7 Å². The zero-order valence-electron chi connectivity index (χ0n) is 17.2. The number of likely N-dealkylation sites (tertiary alicyclic amines) is 1. The SMILES string of the molecule is COc1ccc(C2CC(C(C)(C)C)C(=O)N(C(=O)O)C2)cc1OC1CCCC1. The van der Waals surface area contributed by atoms with Gasteiger partial charge in [-0.05, 0) is 55.2 Å². The van der Waals surface area contributed by atoms with E-state index in [1.165, 1.54) is 12.8 Å². The number of benzene rings is 1. The summed E-state index contributed by atoms with van der Waals surface area (Å²) in [5.41, 5.74) is 0.681. The van der Waals surface area contributed by atoms with E-state index in [1.54, 1.807) is 7.11 Å². The molecular formula is C22H31NO5. The first kappa shape index (κ1) is 20.5. The number of methoxy groups -OCH3 is 1. The average Bonchev–Trinajstić information content (AvgIpc) is 3.13. The minimum absolute atomic E-state index is 0.0603. The molecule has 1 aromatic carbocycles. The molecule has 0 radical (unpaired) electrons. The summed E-state index contributed by atoms with van der Waals surface area (Å²) in [7, 11) is 1.62.